The Morgan fingerprint density at radius 1 is 1.08 bits per heavy atom. The summed E-state index contributed by atoms with van der Waals surface area (Å²) >= 11 is 0. The number of carbonyl (C=O) groups excluding carboxylic acids is 2. The third kappa shape index (κ3) is 4.60. The fraction of sp³-hybridized carbons (Fsp3) is 0.222. The molecule has 0 unspecified atom stereocenters. The smallest absolute Gasteiger partial charge is 0.251 e. The van der Waals surface area contributed by atoms with Gasteiger partial charge in [-0.15, -0.1) is 0 Å². The van der Waals surface area contributed by atoms with Crippen LogP contribution >= 0.6 is 0 Å². The second-order valence-electron chi connectivity index (χ2n) is 5.97. The standard InChI is InChI=1S/C18H21N3O4S/c1-12(13-7-5-4-6-8-13)20-18(23)15-9-14(17(19)22)10-16(11-15)21(2)26(3,24)25/h4-12H,1-3H3,(H2,19,22)(H,20,23)/t12-/m1/s1. The first kappa shape index (κ1) is 19.5. The van der Waals surface area contributed by atoms with Crippen LogP contribution in [-0.4, -0.2) is 33.5 Å². The topological polar surface area (TPSA) is 110 Å². The van der Waals surface area contributed by atoms with Crippen LogP contribution in [0.5, 0.6) is 0 Å². The number of primary amides is 1. The number of nitrogens with zero attached hydrogens (tertiary/aromatic N) is 1. The summed E-state index contributed by atoms with van der Waals surface area (Å²) in [5.41, 5.74) is 6.61. The number of rotatable bonds is 6. The molecule has 0 spiro atoms. The van der Waals surface area contributed by atoms with E-state index < -0.39 is 21.8 Å². The maximum absolute atomic E-state index is 12.6. The van der Waals surface area contributed by atoms with Crippen molar-refractivity contribution in [3.05, 3.63) is 65.2 Å². The Morgan fingerprint density at radius 2 is 1.65 bits per heavy atom. The molecule has 0 bridgehead atoms. The van der Waals surface area contributed by atoms with E-state index in [9.17, 15) is 18.0 Å². The summed E-state index contributed by atoms with van der Waals surface area (Å²) in [5.74, 6) is -1.19. The number of nitrogens with two attached hydrogens (primary N) is 1. The first-order valence-corrected chi connectivity index (χ1v) is 9.69. The highest BCUT2D eigenvalue weighted by Gasteiger charge is 2.18. The van der Waals surface area contributed by atoms with E-state index in [2.05, 4.69) is 5.32 Å². The largest absolute Gasteiger partial charge is 0.366 e. The van der Waals surface area contributed by atoms with Gasteiger partial charge in [-0.3, -0.25) is 13.9 Å². The molecule has 0 fully saturated rings. The molecule has 8 heteroatoms. The molecule has 0 saturated heterocycles. The molecule has 7 nitrogen and oxygen atoms in total. The first-order valence-electron chi connectivity index (χ1n) is 7.84. The van der Waals surface area contributed by atoms with Gasteiger partial charge in [-0.25, -0.2) is 8.42 Å². The highest BCUT2D eigenvalue weighted by Crippen LogP contribution is 2.21. The third-order valence-electron chi connectivity index (χ3n) is 3.97. The van der Waals surface area contributed by atoms with Crippen molar-refractivity contribution in [3.8, 4) is 0 Å². The van der Waals surface area contributed by atoms with Gasteiger partial charge >= 0.3 is 0 Å². The number of carbonyl (C=O) groups is 2. The van der Waals surface area contributed by atoms with E-state index >= 15 is 0 Å². The zero-order chi connectivity index (χ0) is 19.5. The molecule has 2 aromatic carbocycles. The van der Waals surface area contributed by atoms with Crippen molar-refractivity contribution in [2.75, 3.05) is 17.6 Å². The molecule has 2 aromatic rings. The average molecular weight is 375 g/mol. The zero-order valence-electron chi connectivity index (χ0n) is 14.8. The van der Waals surface area contributed by atoms with E-state index in [0.717, 1.165) is 16.1 Å². The van der Waals surface area contributed by atoms with Gasteiger partial charge in [0.05, 0.1) is 18.0 Å². The van der Waals surface area contributed by atoms with Crippen molar-refractivity contribution in [2.24, 2.45) is 5.73 Å². The maximum Gasteiger partial charge on any atom is 0.251 e. The van der Waals surface area contributed by atoms with Crippen molar-refractivity contribution in [1.82, 2.24) is 5.32 Å². The van der Waals surface area contributed by atoms with Gasteiger partial charge in [0.15, 0.2) is 0 Å². The molecular weight excluding hydrogens is 354 g/mol. The van der Waals surface area contributed by atoms with E-state index in [1.54, 1.807) is 0 Å². The second kappa shape index (κ2) is 7.57. The van der Waals surface area contributed by atoms with Gasteiger partial charge in [0.2, 0.25) is 15.9 Å². The van der Waals surface area contributed by atoms with Gasteiger partial charge in [0.1, 0.15) is 0 Å². The number of nitrogens with one attached hydrogen (secondary N) is 1. The second-order valence-corrected chi connectivity index (χ2v) is 7.98. The van der Waals surface area contributed by atoms with Crippen molar-refractivity contribution < 1.29 is 18.0 Å². The van der Waals surface area contributed by atoms with Crippen LogP contribution in [0.15, 0.2) is 48.5 Å². The van der Waals surface area contributed by atoms with Crippen molar-refractivity contribution in [3.63, 3.8) is 0 Å². The number of hydrogen-bond donors (Lipinski definition) is 2. The summed E-state index contributed by atoms with van der Waals surface area (Å²) in [4.78, 5) is 24.2. The van der Waals surface area contributed by atoms with Crippen molar-refractivity contribution in [2.45, 2.75) is 13.0 Å². The molecule has 0 aliphatic rings. The van der Waals surface area contributed by atoms with Crippen molar-refractivity contribution in [1.29, 1.82) is 0 Å². The number of hydrogen-bond acceptors (Lipinski definition) is 4. The lowest BCUT2D eigenvalue weighted by molar-refractivity contribution is 0.0940. The SMILES string of the molecule is C[C@@H](NC(=O)c1cc(C(N)=O)cc(N(C)S(C)(=O)=O)c1)c1ccccc1. The molecule has 0 heterocycles. The van der Waals surface area contributed by atoms with E-state index in [1.165, 1.54) is 25.2 Å². The molecule has 26 heavy (non-hydrogen) atoms. The van der Waals surface area contributed by atoms with Gasteiger partial charge in [-0.05, 0) is 30.7 Å². The van der Waals surface area contributed by atoms with Crippen molar-refractivity contribution >= 4 is 27.5 Å². The fourth-order valence-corrected chi connectivity index (χ4v) is 2.85. The average Bonchev–Trinajstić information content (AvgIpc) is 2.60. The molecule has 1 atom stereocenters. The Morgan fingerprint density at radius 3 is 2.19 bits per heavy atom. The monoisotopic (exact) mass is 375 g/mol. The molecule has 3 N–H and O–H groups in total. The van der Waals surface area contributed by atoms with Gasteiger partial charge in [-0.1, -0.05) is 30.3 Å². The number of anilines is 1. The van der Waals surface area contributed by atoms with E-state index in [0.29, 0.717) is 0 Å². The summed E-state index contributed by atoms with van der Waals surface area (Å²) in [7, 11) is -2.22. The predicted octanol–water partition coefficient (Wildman–Crippen LogP) is 1.67. The van der Waals surface area contributed by atoms with Crippen LogP contribution in [0, 0.1) is 0 Å². The highest BCUT2D eigenvalue weighted by molar-refractivity contribution is 7.92. The number of benzene rings is 2. The zero-order valence-corrected chi connectivity index (χ0v) is 15.6. The molecule has 0 aliphatic carbocycles. The minimum atomic E-state index is -3.56. The molecule has 0 radical (unpaired) electrons. The van der Waals surface area contributed by atoms with Crippen LogP contribution < -0.4 is 15.4 Å². The Bertz CT molecular complexity index is 927. The lowest BCUT2D eigenvalue weighted by Crippen LogP contribution is -2.29. The fourth-order valence-electron chi connectivity index (χ4n) is 2.36. The quantitative estimate of drug-likeness (QED) is 0.800. The van der Waals surface area contributed by atoms with Gasteiger partial charge in [0, 0.05) is 18.2 Å². The first-order chi connectivity index (χ1) is 12.1. The Kier molecular flexibility index (Phi) is 5.66. The molecule has 2 amide bonds. The number of amides is 2. The van der Waals surface area contributed by atoms with E-state index in [4.69, 9.17) is 5.73 Å². The summed E-state index contributed by atoms with van der Waals surface area (Å²) in [6.45, 7) is 1.83. The Labute approximate surface area is 152 Å². The van der Waals surface area contributed by atoms with Gasteiger partial charge in [0.25, 0.3) is 5.91 Å². The lowest BCUT2D eigenvalue weighted by atomic mass is 10.1. The summed E-state index contributed by atoms with van der Waals surface area (Å²) in [5, 5.41) is 2.82. The van der Waals surface area contributed by atoms with Crippen LogP contribution in [0.2, 0.25) is 0 Å². The van der Waals surface area contributed by atoms with Crippen LogP contribution in [0.3, 0.4) is 0 Å². The Balaban J connectivity index is 2.37. The number of sulfonamides is 1. The van der Waals surface area contributed by atoms with Crippen LogP contribution in [-0.2, 0) is 10.0 Å². The van der Waals surface area contributed by atoms with Gasteiger partial charge < -0.3 is 11.1 Å². The Hall–Kier alpha value is -2.87. The maximum atomic E-state index is 12.6. The van der Waals surface area contributed by atoms with Crippen LogP contribution in [0.1, 0.15) is 39.2 Å². The predicted molar refractivity (Wildman–Crippen MR) is 101 cm³/mol. The molecule has 0 aliphatic heterocycles. The summed E-state index contributed by atoms with van der Waals surface area (Å²) in [6.07, 6.45) is 1.03. The molecule has 138 valence electrons. The van der Waals surface area contributed by atoms with Gasteiger partial charge in [-0.2, -0.15) is 0 Å². The highest BCUT2D eigenvalue weighted by atomic mass is 32.2. The van der Waals surface area contributed by atoms with E-state index in [-0.39, 0.29) is 22.9 Å². The summed E-state index contributed by atoms with van der Waals surface area (Å²) in [6, 6.07) is 13.2. The molecular formula is C18H21N3O4S. The molecule has 2 rings (SSSR count). The third-order valence-corrected chi connectivity index (χ3v) is 5.18. The van der Waals surface area contributed by atoms with E-state index in [1.807, 2.05) is 37.3 Å². The van der Waals surface area contributed by atoms with Crippen LogP contribution in [0.4, 0.5) is 5.69 Å². The minimum Gasteiger partial charge on any atom is -0.366 e. The minimum absolute atomic E-state index is 0.0514. The molecule has 0 saturated carbocycles. The molecule has 0 aromatic heterocycles. The van der Waals surface area contributed by atoms with Crippen LogP contribution in [0.25, 0.3) is 0 Å². The summed E-state index contributed by atoms with van der Waals surface area (Å²) < 4.78 is 24.5. The lowest BCUT2D eigenvalue weighted by Gasteiger charge is -2.19. The normalized spacial score (nSPS) is 12.3.